The van der Waals surface area contributed by atoms with Gasteiger partial charge in [-0.25, -0.2) is 4.98 Å². The molecular weight excluding hydrogens is 356 g/mol. The molecule has 1 fully saturated rings. The van der Waals surface area contributed by atoms with E-state index in [1.165, 1.54) is 5.69 Å². The van der Waals surface area contributed by atoms with Crippen molar-refractivity contribution in [2.24, 2.45) is 0 Å². The summed E-state index contributed by atoms with van der Waals surface area (Å²) in [5.74, 6) is 0.811. The predicted molar refractivity (Wildman–Crippen MR) is 114 cm³/mol. The Balaban J connectivity index is 1.46. The molecule has 0 bridgehead atoms. The van der Waals surface area contributed by atoms with Gasteiger partial charge in [-0.05, 0) is 31.3 Å². The van der Waals surface area contributed by atoms with E-state index < -0.39 is 0 Å². The number of nitrogens with one attached hydrogen (secondary N) is 1. The summed E-state index contributed by atoms with van der Waals surface area (Å²) < 4.78 is 5.39. The van der Waals surface area contributed by atoms with E-state index in [9.17, 15) is 0 Å². The minimum atomic E-state index is 0.811. The van der Waals surface area contributed by atoms with E-state index in [4.69, 9.17) is 9.72 Å². The monoisotopic (exact) mass is 380 g/mol. The van der Waals surface area contributed by atoms with Gasteiger partial charge < -0.3 is 19.9 Å². The number of piperazine rings is 1. The summed E-state index contributed by atoms with van der Waals surface area (Å²) in [5, 5.41) is 6.30. The molecule has 27 heavy (non-hydrogen) atoms. The molecule has 4 rings (SSSR count). The molecule has 1 aliphatic heterocycles. The number of thiazole rings is 1. The third kappa shape index (κ3) is 4.07. The number of methoxy groups -OCH3 is 1. The smallest absolute Gasteiger partial charge is 0.187 e. The number of ether oxygens (including phenoxy) is 1. The molecule has 1 aromatic heterocycles. The fourth-order valence-electron chi connectivity index (χ4n) is 3.23. The number of nitrogens with zero attached hydrogens (tertiary/aromatic N) is 3. The van der Waals surface area contributed by atoms with Gasteiger partial charge in [-0.2, -0.15) is 0 Å². The third-order valence-corrected chi connectivity index (χ3v) is 5.64. The van der Waals surface area contributed by atoms with Gasteiger partial charge in [0.2, 0.25) is 0 Å². The first-order chi connectivity index (χ1) is 13.2. The number of rotatable bonds is 5. The number of anilines is 3. The van der Waals surface area contributed by atoms with Gasteiger partial charge in [0, 0.05) is 42.8 Å². The van der Waals surface area contributed by atoms with E-state index in [1.807, 2.05) is 24.3 Å². The largest absolute Gasteiger partial charge is 0.495 e. The third-order valence-electron chi connectivity index (χ3n) is 4.88. The Morgan fingerprint density at radius 3 is 2.48 bits per heavy atom. The van der Waals surface area contributed by atoms with Crippen LogP contribution in [-0.4, -0.2) is 50.2 Å². The zero-order chi connectivity index (χ0) is 18.6. The lowest BCUT2D eigenvalue weighted by Gasteiger charge is -2.34. The van der Waals surface area contributed by atoms with Gasteiger partial charge >= 0.3 is 0 Å². The van der Waals surface area contributed by atoms with Crippen LogP contribution in [0.1, 0.15) is 0 Å². The fraction of sp³-hybridized carbons (Fsp3) is 0.286. The van der Waals surface area contributed by atoms with Crippen molar-refractivity contribution < 1.29 is 4.74 Å². The van der Waals surface area contributed by atoms with Crippen molar-refractivity contribution in [3.63, 3.8) is 0 Å². The molecule has 2 aromatic carbocycles. The van der Waals surface area contributed by atoms with Crippen molar-refractivity contribution in [3.05, 3.63) is 53.9 Å². The molecule has 0 aliphatic carbocycles. The Labute approximate surface area is 164 Å². The molecule has 0 saturated carbocycles. The summed E-state index contributed by atoms with van der Waals surface area (Å²) in [6.45, 7) is 4.40. The zero-order valence-electron chi connectivity index (χ0n) is 15.7. The van der Waals surface area contributed by atoms with Crippen molar-refractivity contribution >= 4 is 27.8 Å². The van der Waals surface area contributed by atoms with E-state index in [-0.39, 0.29) is 0 Å². The summed E-state index contributed by atoms with van der Waals surface area (Å²) >= 11 is 1.60. The molecule has 1 aliphatic rings. The highest BCUT2D eigenvalue weighted by molar-refractivity contribution is 7.14. The molecule has 2 heterocycles. The molecule has 0 atom stereocenters. The van der Waals surface area contributed by atoms with Gasteiger partial charge in [0.15, 0.2) is 5.13 Å². The van der Waals surface area contributed by atoms with Gasteiger partial charge in [0.1, 0.15) is 5.75 Å². The highest BCUT2D eigenvalue weighted by Crippen LogP contribution is 2.31. The first-order valence-corrected chi connectivity index (χ1v) is 10.0. The molecular formula is C21H24N4OS. The standard InChI is InChI=1S/C21H24N4OS/c1-24-11-13-25(14-12-24)17-9-7-16(8-10-17)19-15-27-21(23-19)22-18-5-3-4-6-20(18)26-2/h3-10,15H,11-14H2,1-2H3,(H,22,23). The number of hydrogen-bond donors (Lipinski definition) is 1. The lowest BCUT2D eigenvalue weighted by atomic mass is 10.1. The van der Waals surface area contributed by atoms with Crippen LogP contribution in [0.4, 0.5) is 16.5 Å². The average Bonchev–Trinajstić information content (AvgIpc) is 3.18. The molecule has 0 spiro atoms. The average molecular weight is 381 g/mol. The fourth-order valence-corrected chi connectivity index (χ4v) is 3.97. The molecule has 0 amide bonds. The van der Waals surface area contributed by atoms with Crippen molar-refractivity contribution in [2.75, 3.05) is 50.6 Å². The minimum absolute atomic E-state index is 0.811. The van der Waals surface area contributed by atoms with Gasteiger partial charge in [-0.3, -0.25) is 0 Å². The van der Waals surface area contributed by atoms with Crippen molar-refractivity contribution in [1.29, 1.82) is 0 Å². The topological polar surface area (TPSA) is 40.6 Å². The Kier molecular flexibility index (Phi) is 5.27. The van der Waals surface area contributed by atoms with Gasteiger partial charge in [0.05, 0.1) is 18.5 Å². The normalized spacial score (nSPS) is 15.0. The number of benzene rings is 2. The molecule has 1 saturated heterocycles. The Morgan fingerprint density at radius 2 is 1.74 bits per heavy atom. The minimum Gasteiger partial charge on any atom is -0.495 e. The summed E-state index contributed by atoms with van der Waals surface area (Å²) in [6, 6.07) is 16.6. The van der Waals surface area contributed by atoms with Crippen LogP contribution in [0.2, 0.25) is 0 Å². The lowest BCUT2D eigenvalue weighted by molar-refractivity contribution is 0.313. The highest BCUT2D eigenvalue weighted by Gasteiger charge is 2.14. The molecule has 140 valence electrons. The second-order valence-electron chi connectivity index (χ2n) is 6.70. The van der Waals surface area contributed by atoms with Crippen molar-refractivity contribution in [2.45, 2.75) is 0 Å². The molecule has 0 unspecified atom stereocenters. The maximum Gasteiger partial charge on any atom is 0.187 e. The Morgan fingerprint density at radius 1 is 1.00 bits per heavy atom. The lowest BCUT2D eigenvalue weighted by Crippen LogP contribution is -2.44. The zero-order valence-corrected chi connectivity index (χ0v) is 16.5. The Bertz CT molecular complexity index is 885. The second kappa shape index (κ2) is 7.98. The van der Waals surface area contributed by atoms with Crippen LogP contribution in [0.5, 0.6) is 5.75 Å². The van der Waals surface area contributed by atoms with Crippen LogP contribution < -0.4 is 15.0 Å². The van der Waals surface area contributed by atoms with E-state index in [0.29, 0.717) is 0 Å². The predicted octanol–water partition coefficient (Wildman–Crippen LogP) is 4.31. The van der Waals surface area contributed by atoms with Gasteiger partial charge in [0.25, 0.3) is 0 Å². The maximum absolute atomic E-state index is 5.39. The van der Waals surface area contributed by atoms with Crippen molar-refractivity contribution in [3.8, 4) is 17.0 Å². The van der Waals surface area contributed by atoms with E-state index >= 15 is 0 Å². The Hall–Kier alpha value is -2.57. The van der Waals surface area contributed by atoms with E-state index in [2.05, 4.69) is 51.8 Å². The van der Waals surface area contributed by atoms with Gasteiger partial charge in [-0.1, -0.05) is 24.3 Å². The first kappa shape index (κ1) is 17.8. The van der Waals surface area contributed by atoms with Crippen LogP contribution in [0, 0.1) is 0 Å². The summed E-state index contributed by atoms with van der Waals surface area (Å²) in [7, 11) is 3.86. The second-order valence-corrected chi connectivity index (χ2v) is 7.56. The number of para-hydroxylation sites is 2. The van der Waals surface area contributed by atoms with Crippen LogP contribution in [0.15, 0.2) is 53.9 Å². The molecule has 1 N–H and O–H groups in total. The van der Waals surface area contributed by atoms with E-state index in [0.717, 1.165) is 54.0 Å². The van der Waals surface area contributed by atoms with Gasteiger partial charge in [-0.15, -0.1) is 11.3 Å². The summed E-state index contributed by atoms with van der Waals surface area (Å²) in [6.07, 6.45) is 0. The molecule has 0 radical (unpaired) electrons. The molecule has 3 aromatic rings. The summed E-state index contributed by atoms with van der Waals surface area (Å²) in [4.78, 5) is 9.55. The number of hydrogen-bond acceptors (Lipinski definition) is 6. The SMILES string of the molecule is COc1ccccc1Nc1nc(-c2ccc(N3CCN(C)CC3)cc2)cs1. The van der Waals surface area contributed by atoms with Crippen LogP contribution >= 0.6 is 11.3 Å². The van der Waals surface area contributed by atoms with Crippen LogP contribution in [0.25, 0.3) is 11.3 Å². The maximum atomic E-state index is 5.39. The first-order valence-electron chi connectivity index (χ1n) is 9.12. The van der Waals surface area contributed by atoms with Crippen LogP contribution in [-0.2, 0) is 0 Å². The quantitative estimate of drug-likeness (QED) is 0.714. The number of likely N-dealkylation sites (N-methyl/N-ethyl adjacent to an activating group) is 1. The highest BCUT2D eigenvalue weighted by atomic mass is 32.1. The van der Waals surface area contributed by atoms with E-state index in [1.54, 1.807) is 18.4 Å². The van der Waals surface area contributed by atoms with Crippen molar-refractivity contribution in [1.82, 2.24) is 9.88 Å². The molecule has 5 nitrogen and oxygen atoms in total. The molecule has 6 heteroatoms. The number of aromatic nitrogens is 1. The van der Waals surface area contributed by atoms with Crippen LogP contribution in [0.3, 0.4) is 0 Å². The summed E-state index contributed by atoms with van der Waals surface area (Å²) in [5.41, 5.74) is 4.33.